The second-order valence-electron chi connectivity index (χ2n) is 5.11. The van der Waals surface area contributed by atoms with Gasteiger partial charge in [-0.25, -0.2) is 0 Å². The third kappa shape index (κ3) is 4.27. The maximum atomic E-state index is 11.2. The van der Waals surface area contributed by atoms with Crippen LogP contribution in [0.5, 0.6) is 11.5 Å². The molecular weight excluding hydrogens is 378 g/mol. The molecule has 0 atom stereocenters. The molecule has 0 spiro atoms. The van der Waals surface area contributed by atoms with E-state index < -0.39 is 26.1 Å². The number of ether oxygens (including phenoxy) is 2. The third-order valence-electron chi connectivity index (χ3n) is 3.51. The van der Waals surface area contributed by atoms with E-state index in [1.165, 1.54) is 20.3 Å². The van der Waals surface area contributed by atoms with E-state index in [1.807, 2.05) is 0 Å². The Balaban J connectivity index is 2.38. The minimum absolute atomic E-state index is 0.0414. The topological polar surface area (TPSA) is 172 Å². The molecule has 2 rings (SSSR count). The van der Waals surface area contributed by atoms with E-state index in [9.17, 15) is 30.3 Å². The van der Waals surface area contributed by atoms with Gasteiger partial charge >= 0.3 is 5.69 Å². The zero-order chi connectivity index (χ0) is 20.8. The predicted octanol–water partition coefficient (Wildman–Crippen LogP) is 2.87. The molecule has 0 aliphatic carbocycles. The fourth-order valence-corrected chi connectivity index (χ4v) is 2.20. The Bertz CT molecular complexity index is 975. The molecule has 146 valence electrons. The fourth-order valence-electron chi connectivity index (χ4n) is 2.20. The van der Waals surface area contributed by atoms with E-state index in [0.29, 0.717) is 0 Å². The summed E-state index contributed by atoms with van der Waals surface area (Å²) in [7, 11) is 2.67. The van der Waals surface area contributed by atoms with Gasteiger partial charge in [-0.05, 0) is 12.1 Å². The lowest BCUT2D eigenvalue weighted by molar-refractivity contribution is -0.393. The van der Waals surface area contributed by atoms with Crippen LogP contribution < -0.4 is 14.9 Å². The Labute approximate surface area is 156 Å². The summed E-state index contributed by atoms with van der Waals surface area (Å²) in [5.41, 5.74) is 0.895. The van der Waals surface area contributed by atoms with Crippen LogP contribution in [0.3, 0.4) is 0 Å². The molecule has 0 heterocycles. The first-order valence-electron chi connectivity index (χ1n) is 7.40. The van der Waals surface area contributed by atoms with Crippen molar-refractivity contribution in [3.05, 3.63) is 66.2 Å². The number of nitro benzene ring substituents is 3. The first-order chi connectivity index (χ1) is 13.3. The van der Waals surface area contributed by atoms with Gasteiger partial charge in [-0.15, -0.1) is 0 Å². The molecule has 0 aliphatic rings. The Morgan fingerprint density at radius 1 is 0.893 bits per heavy atom. The summed E-state index contributed by atoms with van der Waals surface area (Å²) < 4.78 is 10.1. The monoisotopic (exact) mass is 391 g/mol. The van der Waals surface area contributed by atoms with Crippen LogP contribution in [-0.4, -0.2) is 35.2 Å². The van der Waals surface area contributed by atoms with Crippen molar-refractivity contribution in [3.63, 3.8) is 0 Å². The molecule has 0 unspecified atom stereocenters. The Morgan fingerprint density at radius 2 is 1.50 bits per heavy atom. The molecule has 0 saturated carbocycles. The summed E-state index contributed by atoms with van der Waals surface area (Å²) in [4.78, 5) is 30.8. The fraction of sp³-hybridized carbons (Fsp3) is 0.133. The highest BCUT2D eigenvalue weighted by Crippen LogP contribution is 2.34. The molecule has 1 N–H and O–H groups in total. The van der Waals surface area contributed by atoms with Crippen LogP contribution >= 0.6 is 0 Å². The molecule has 0 aromatic heterocycles. The first-order valence-corrected chi connectivity index (χ1v) is 7.40. The van der Waals surface area contributed by atoms with E-state index in [0.717, 1.165) is 30.5 Å². The number of nitro groups is 3. The number of benzene rings is 2. The van der Waals surface area contributed by atoms with E-state index in [-0.39, 0.29) is 28.4 Å². The van der Waals surface area contributed by atoms with Gasteiger partial charge in [0.05, 0.1) is 52.9 Å². The van der Waals surface area contributed by atoms with Crippen molar-refractivity contribution in [3.8, 4) is 11.5 Å². The molecule has 2 aromatic rings. The molecule has 0 bridgehead atoms. The summed E-state index contributed by atoms with van der Waals surface area (Å²) in [5, 5.41) is 36.8. The van der Waals surface area contributed by atoms with E-state index in [4.69, 9.17) is 9.47 Å². The van der Waals surface area contributed by atoms with Crippen LogP contribution in [0.2, 0.25) is 0 Å². The van der Waals surface area contributed by atoms with Gasteiger partial charge in [-0.3, -0.25) is 35.8 Å². The molecule has 0 aliphatic heterocycles. The zero-order valence-corrected chi connectivity index (χ0v) is 14.5. The van der Waals surface area contributed by atoms with Crippen molar-refractivity contribution < 1.29 is 24.2 Å². The zero-order valence-electron chi connectivity index (χ0n) is 14.5. The molecule has 13 heteroatoms. The number of rotatable bonds is 8. The van der Waals surface area contributed by atoms with Crippen LogP contribution in [0.15, 0.2) is 35.4 Å². The standard InChI is InChI=1S/C15H13N5O8/c1-27-14-5-9(12(19(23)24)7-15(14)28-2)8-16-17-11-4-3-10(18(21)22)6-13(11)20(25)26/h3-8,17H,1-2H3/b16-8+. The molecule has 0 saturated heterocycles. The maximum Gasteiger partial charge on any atom is 0.301 e. The van der Waals surface area contributed by atoms with Gasteiger partial charge in [0.1, 0.15) is 5.69 Å². The summed E-state index contributed by atoms with van der Waals surface area (Å²) in [5.74, 6) is 0.362. The Kier molecular flexibility index (Phi) is 6.00. The van der Waals surface area contributed by atoms with Crippen LogP contribution in [0.4, 0.5) is 22.7 Å². The van der Waals surface area contributed by atoms with Crippen LogP contribution in [0.1, 0.15) is 5.56 Å². The van der Waals surface area contributed by atoms with Gasteiger partial charge < -0.3 is 9.47 Å². The Morgan fingerprint density at radius 3 is 2.04 bits per heavy atom. The van der Waals surface area contributed by atoms with Gasteiger partial charge in [0, 0.05) is 6.07 Å². The first kappa shape index (κ1) is 20.0. The molecule has 0 amide bonds. The third-order valence-corrected chi connectivity index (χ3v) is 3.51. The van der Waals surface area contributed by atoms with E-state index >= 15 is 0 Å². The lowest BCUT2D eigenvalue weighted by Gasteiger charge is -2.08. The molecule has 0 radical (unpaired) electrons. The minimum Gasteiger partial charge on any atom is -0.493 e. The second-order valence-corrected chi connectivity index (χ2v) is 5.11. The average molecular weight is 391 g/mol. The number of hydrogen-bond acceptors (Lipinski definition) is 10. The summed E-state index contributed by atoms with van der Waals surface area (Å²) in [6, 6.07) is 5.40. The number of methoxy groups -OCH3 is 2. The smallest absolute Gasteiger partial charge is 0.301 e. The van der Waals surface area contributed by atoms with Crippen molar-refractivity contribution in [1.82, 2.24) is 0 Å². The number of anilines is 1. The van der Waals surface area contributed by atoms with Gasteiger partial charge in [-0.1, -0.05) is 0 Å². The summed E-state index contributed by atoms with van der Waals surface area (Å²) >= 11 is 0. The van der Waals surface area contributed by atoms with Crippen molar-refractivity contribution in [2.75, 3.05) is 19.6 Å². The van der Waals surface area contributed by atoms with Gasteiger partial charge in [0.2, 0.25) is 0 Å². The molecule has 2 aromatic carbocycles. The van der Waals surface area contributed by atoms with Gasteiger partial charge in [-0.2, -0.15) is 5.10 Å². The number of nitrogens with zero attached hydrogens (tertiary/aromatic N) is 4. The largest absolute Gasteiger partial charge is 0.493 e. The van der Waals surface area contributed by atoms with Gasteiger partial charge in [0.25, 0.3) is 11.4 Å². The molecule has 0 fully saturated rings. The van der Waals surface area contributed by atoms with E-state index in [2.05, 4.69) is 10.5 Å². The molecule has 28 heavy (non-hydrogen) atoms. The summed E-state index contributed by atoms with van der Waals surface area (Å²) in [6.07, 6.45) is 1.06. The lowest BCUT2D eigenvalue weighted by Crippen LogP contribution is -2.01. The SMILES string of the molecule is COc1cc(/C=N/Nc2ccc([N+](=O)[O-])cc2[N+](=O)[O-])c([N+](=O)[O-])cc1OC. The van der Waals surface area contributed by atoms with Gasteiger partial charge in [0.15, 0.2) is 11.5 Å². The quantitative estimate of drug-likeness (QED) is 0.403. The highest BCUT2D eigenvalue weighted by Gasteiger charge is 2.20. The number of nitrogens with one attached hydrogen (secondary N) is 1. The number of hydrazone groups is 1. The van der Waals surface area contributed by atoms with Crippen molar-refractivity contribution in [1.29, 1.82) is 0 Å². The summed E-state index contributed by atoms with van der Waals surface area (Å²) in [6.45, 7) is 0. The average Bonchev–Trinajstić information content (AvgIpc) is 2.67. The number of non-ortho nitro benzene ring substituents is 1. The van der Waals surface area contributed by atoms with Crippen LogP contribution in [0.25, 0.3) is 0 Å². The van der Waals surface area contributed by atoms with Crippen molar-refractivity contribution in [2.45, 2.75) is 0 Å². The predicted molar refractivity (Wildman–Crippen MR) is 97.2 cm³/mol. The highest BCUT2D eigenvalue weighted by atomic mass is 16.6. The minimum atomic E-state index is -0.816. The second kappa shape index (κ2) is 8.39. The highest BCUT2D eigenvalue weighted by molar-refractivity contribution is 5.87. The van der Waals surface area contributed by atoms with E-state index in [1.54, 1.807) is 0 Å². The molecular formula is C15H13N5O8. The lowest BCUT2D eigenvalue weighted by atomic mass is 10.1. The Hall–Kier alpha value is -4.29. The maximum absolute atomic E-state index is 11.2. The van der Waals surface area contributed by atoms with Crippen LogP contribution in [0, 0.1) is 30.3 Å². The van der Waals surface area contributed by atoms with Crippen molar-refractivity contribution in [2.24, 2.45) is 5.10 Å². The van der Waals surface area contributed by atoms with Crippen LogP contribution in [-0.2, 0) is 0 Å². The normalized spacial score (nSPS) is 10.5. The molecule has 13 nitrogen and oxygen atoms in total. The van der Waals surface area contributed by atoms with Crippen molar-refractivity contribution >= 4 is 29.0 Å². The number of hydrogen-bond donors (Lipinski definition) is 1.